The topological polar surface area (TPSA) is 74.6 Å². The molecular weight excluding hydrogens is 579 g/mol. The molecule has 21 heteroatoms. The Morgan fingerprint density at radius 3 is 1.19 bits per heavy atom. The van der Waals surface area contributed by atoms with Gasteiger partial charge in [0.15, 0.2) is 0 Å². The van der Waals surface area contributed by atoms with Gasteiger partial charge in [-0.15, -0.1) is 0 Å². The SMILES string of the molecule is O=C(O)c1cccc(C(F)(F)C(F)(F)C(F)(F)C(F)(F)C(F)(F)C(F)(F)C(F)(F)C(F)(F)F)c1C(=O)O. The second-order valence-corrected chi connectivity index (χ2v) is 6.86. The van der Waals surface area contributed by atoms with E-state index in [4.69, 9.17) is 10.2 Å². The molecule has 0 atom stereocenters. The minimum absolute atomic E-state index is 0.0597. The zero-order chi connectivity index (χ0) is 30.0. The van der Waals surface area contributed by atoms with E-state index in [1.807, 2.05) is 0 Å². The first-order valence-corrected chi connectivity index (χ1v) is 8.31. The number of carbonyl (C=O) groups is 2. The number of carboxylic acids is 2. The number of halogens is 17. The predicted octanol–water partition coefficient (Wildman–Crippen LogP) is 6.55. The number of hydrogen-bond donors (Lipinski definition) is 2. The van der Waals surface area contributed by atoms with Crippen LogP contribution < -0.4 is 0 Å². The fraction of sp³-hybridized carbons (Fsp3) is 0.500. The maximum absolute atomic E-state index is 14.4. The largest absolute Gasteiger partial charge is 0.478 e. The maximum Gasteiger partial charge on any atom is 0.460 e. The summed E-state index contributed by atoms with van der Waals surface area (Å²) in [6.45, 7) is 0. The molecule has 37 heavy (non-hydrogen) atoms. The van der Waals surface area contributed by atoms with Gasteiger partial charge in [-0.1, -0.05) is 12.1 Å². The van der Waals surface area contributed by atoms with Crippen LogP contribution in [0.5, 0.6) is 0 Å². The first-order valence-electron chi connectivity index (χ1n) is 8.31. The molecule has 0 radical (unpaired) electrons. The molecule has 0 aliphatic carbocycles. The second kappa shape index (κ2) is 8.50. The third-order valence-electron chi connectivity index (χ3n) is 4.57. The van der Waals surface area contributed by atoms with Gasteiger partial charge in [-0.25, -0.2) is 9.59 Å². The first-order chi connectivity index (χ1) is 16.0. The Labute approximate surface area is 190 Å². The lowest BCUT2D eigenvalue weighted by atomic mass is 9.85. The number of benzene rings is 1. The van der Waals surface area contributed by atoms with Gasteiger partial charge in [0.05, 0.1) is 11.1 Å². The van der Waals surface area contributed by atoms with E-state index in [-0.39, 0.29) is 12.1 Å². The number of aromatic carboxylic acids is 2. The molecule has 1 aromatic rings. The summed E-state index contributed by atoms with van der Waals surface area (Å²) in [6, 6.07) is -0.634. The van der Waals surface area contributed by atoms with Crippen molar-refractivity contribution in [1.29, 1.82) is 0 Å². The van der Waals surface area contributed by atoms with E-state index < -0.39 is 82.3 Å². The first kappa shape index (κ1) is 32.0. The van der Waals surface area contributed by atoms with Crippen LogP contribution in [0.1, 0.15) is 26.3 Å². The Balaban J connectivity index is 3.95. The minimum atomic E-state index is -8.85. The predicted molar refractivity (Wildman–Crippen MR) is 80.0 cm³/mol. The Morgan fingerprint density at radius 1 is 0.514 bits per heavy atom. The van der Waals surface area contributed by atoms with E-state index in [2.05, 4.69) is 0 Å². The van der Waals surface area contributed by atoms with Crippen molar-refractivity contribution in [2.45, 2.75) is 47.6 Å². The van der Waals surface area contributed by atoms with E-state index in [9.17, 15) is 84.2 Å². The van der Waals surface area contributed by atoms with Crippen LogP contribution in [-0.2, 0) is 5.92 Å². The average Bonchev–Trinajstić information content (AvgIpc) is 2.71. The highest BCUT2D eigenvalue weighted by Crippen LogP contribution is 2.65. The van der Waals surface area contributed by atoms with Crippen LogP contribution >= 0.6 is 0 Å². The molecular formula is C16H5F17O4. The van der Waals surface area contributed by atoms with Crippen molar-refractivity contribution in [3.05, 3.63) is 34.9 Å². The molecule has 0 fully saturated rings. The second-order valence-electron chi connectivity index (χ2n) is 6.86. The quantitative estimate of drug-likeness (QED) is 0.323. The van der Waals surface area contributed by atoms with Crippen molar-refractivity contribution in [3.63, 3.8) is 0 Å². The maximum atomic E-state index is 14.4. The molecule has 2 N–H and O–H groups in total. The molecule has 0 aromatic heterocycles. The van der Waals surface area contributed by atoms with Gasteiger partial charge in [-0.2, -0.15) is 74.6 Å². The molecule has 212 valence electrons. The molecule has 0 saturated heterocycles. The monoisotopic (exact) mass is 584 g/mol. The molecule has 0 unspecified atom stereocenters. The molecule has 0 aliphatic rings. The molecule has 4 nitrogen and oxygen atoms in total. The van der Waals surface area contributed by atoms with Crippen LogP contribution in [0.2, 0.25) is 0 Å². The summed E-state index contributed by atoms with van der Waals surface area (Å²) < 4.78 is 227. The lowest BCUT2D eigenvalue weighted by molar-refractivity contribution is -0.462. The van der Waals surface area contributed by atoms with Crippen LogP contribution in [0.4, 0.5) is 74.6 Å². The van der Waals surface area contributed by atoms with Gasteiger partial charge in [0.25, 0.3) is 0 Å². The van der Waals surface area contributed by atoms with Gasteiger partial charge < -0.3 is 10.2 Å². The smallest absolute Gasteiger partial charge is 0.460 e. The highest BCUT2D eigenvalue weighted by atomic mass is 19.4. The summed E-state index contributed by atoms with van der Waals surface area (Å²) in [5.74, 6) is -64.3. The van der Waals surface area contributed by atoms with Crippen LogP contribution in [0.3, 0.4) is 0 Å². The van der Waals surface area contributed by atoms with Crippen molar-refractivity contribution < 1.29 is 94.4 Å². The number of rotatable bonds is 9. The third-order valence-corrected chi connectivity index (χ3v) is 4.57. The van der Waals surface area contributed by atoms with E-state index in [1.54, 1.807) is 0 Å². The van der Waals surface area contributed by atoms with Crippen molar-refractivity contribution in [3.8, 4) is 0 Å². The van der Waals surface area contributed by atoms with Crippen molar-refractivity contribution in [2.75, 3.05) is 0 Å². The normalized spacial score (nSPS) is 15.1. The molecule has 0 heterocycles. The van der Waals surface area contributed by atoms with E-state index in [1.165, 1.54) is 0 Å². The van der Waals surface area contributed by atoms with Gasteiger partial charge in [-0.3, -0.25) is 0 Å². The van der Waals surface area contributed by atoms with Crippen LogP contribution in [0.25, 0.3) is 0 Å². The summed E-state index contributed by atoms with van der Waals surface area (Å²) in [4.78, 5) is 22.0. The highest BCUT2D eigenvalue weighted by molar-refractivity contribution is 6.03. The van der Waals surface area contributed by atoms with Crippen LogP contribution in [0, 0.1) is 0 Å². The average molecular weight is 584 g/mol. The Kier molecular flexibility index (Phi) is 7.35. The number of carboxylic acid groups (broad SMARTS) is 2. The Morgan fingerprint density at radius 2 is 0.865 bits per heavy atom. The standard InChI is InChI=1S/C16H5F17O4/c17-9(18,5-3-1-2-4(7(34)35)6(5)8(36)37)10(19,20)11(21,22)12(23,24)13(25,26)14(27,28)15(29,30)16(31,32)33/h1-3H,(H,34,35)(H,36,37). The summed E-state index contributed by atoms with van der Waals surface area (Å²) in [7, 11) is 0. The number of hydrogen-bond acceptors (Lipinski definition) is 2. The van der Waals surface area contributed by atoms with E-state index in [0.717, 1.165) is 0 Å². The fourth-order valence-corrected chi connectivity index (χ4v) is 2.56. The summed E-state index contributed by atoms with van der Waals surface area (Å²) in [5, 5.41) is 17.5. The van der Waals surface area contributed by atoms with Gasteiger partial charge >= 0.3 is 59.6 Å². The van der Waals surface area contributed by atoms with E-state index in [0.29, 0.717) is 0 Å². The molecule has 0 aliphatic heterocycles. The summed E-state index contributed by atoms with van der Waals surface area (Å²) >= 11 is 0. The van der Waals surface area contributed by atoms with Crippen molar-refractivity contribution in [2.24, 2.45) is 0 Å². The highest BCUT2D eigenvalue weighted by Gasteiger charge is 2.95. The zero-order valence-electron chi connectivity index (χ0n) is 16.4. The fourth-order valence-electron chi connectivity index (χ4n) is 2.56. The third kappa shape index (κ3) is 4.09. The zero-order valence-corrected chi connectivity index (χ0v) is 16.4. The lowest BCUT2D eigenvalue weighted by Crippen LogP contribution is -2.74. The van der Waals surface area contributed by atoms with Crippen molar-refractivity contribution in [1.82, 2.24) is 0 Å². The molecule has 0 amide bonds. The van der Waals surface area contributed by atoms with Gasteiger partial charge in [-0.05, 0) is 6.07 Å². The van der Waals surface area contributed by atoms with E-state index >= 15 is 0 Å². The molecule has 1 rings (SSSR count). The summed E-state index contributed by atoms with van der Waals surface area (Å²) in [5.41, 5.74) is -7.53. The Bertz CT molecular complexity index is 1070. The Hall–Kier alpha value is -3.03. The molecule has 0 saturated carbocycles. The van der Waals surface area contributed by atoms with Crippen molar-refractivity contribution >= 4 is 11.9 Å². The van der Waals surface area contributed by atoms with Gasteiger partial charge in [0.2, 0.25) is 0 Å². The van der Waals surface area contributed by atoms with Gasteiger partial charge in [0, 0.05) is 5.56 Å². The molecule has 0 bridgehead atoms. The molecule has 1 aromatic carbocycles. The van der Waals surface area contributed by atoms with Gasteiger partial charge in [0.1, 0.15) is 0 Å². The molecule has 0 spiro atoms. The summed E-state index contributed by atoms with van der Waals surface area (Å²) in [6.07, 6.45) is -7.90. The van der Waals surface area contributed by atoms with Crippen LogP contribution in [0.15, 0.2) is 18.2 Å². The number of alkyl halides is 17. The lowest BCUT2D eigenvalue weighted by Gasteiger charge is -2.43. The van der Waals surface area contributed by atoms with Crippen LogP contribution in [-0.4, -0.2) is 63.9 Å². The minimum Gasteiger partial charge on any atom is -0.478 e.